The van der Waals surface area contributed by atoms with Gasteiger partial charge in [0.1, 0.15) is 11.9 Å². The minimum atomic E-state index is -0.714. The standard InChI is InChI=1S/C9H5ClFNO/c1-5(13)7-3-8(10)6(4-12)2-9(7)11/h2-3H,1H3. The molecular weight excluding hydrogens is 193 g/mol. The largest absolute Gasteiger partial charge is 0.294 e. The van der Waals surface area contributed by atoms with Gasteiger partial charge in [-0.2, -0.15) is 5.26 Å². The minimum Gasteiger partial charge on any atom is -0.294 e. The molecule has 2 nitrogen and oxygen atoms in total. The van der Waals surface area contributed by atoms with E-state index in [1.165, 1.54) is 6.92 Å². The summed E-state index contributed by atoms with van der Waals surface area (Å²) in [6.07, 6.45) is 0. The fourth-order valence-electron chi connectivity index (χ4n) is 0.902. The second-order valence-corrected chi connectivity index (χ2v) is 2.89. The molecule has 4 heteroatoms. The highest BCUT2D eigenvalue weighted by atomic mass is 35.5. The number of hydrogen-bond donors (Lipinski definition) is 0. The predicted octanol–water partition coefficient (Wildman–Crippen LogP) is 2.55. The predicted molar refractivity (Wildman–Crippen MR) is 46.1 cm³/mol. The van der Waals surface area contributed by atoms with Gasteiger partial charge >= 0.3 is 0 Å². The highest BCUT2D eigenvalue weighted by Crippen LogP contribution is 2.20. The molecule has 0 saturated carbocycles. The van der Waals surface area contributed by atoms with Gasteiger partial charge in [-0.1, -0.05) is 11.6 Å². The summed E-state index contributed by atoms with van der Waals surface area (Å²) in [6.45, 7) is 1.24. The van der Waals surface area contributed by atoms with Gasteiger partial charge in [-0.05, 0) is 19.1 Å². The van der Waals surface area contributed by atoms with E-state index in [2.05, 4.69) is 0 Å². The maximum absolute atomic E-state index is 13.0. The fourth-order valence-corrected chi connectivity index (χ4v) is 1.11. The van der Waals surface area contributed by atoms with Gasteiger partial charge in [0, 0.05) is 0 Å². The van der Waals surface area contributed by atoms with Gasteiger partial charge in [0.25, 0.3) is 0 Å². The average Bonchev–Trinajstić information content (AvgIpc) is 2.07. The van der Waals surface area contributed by atoms with Crippen LogP contribution in [0.4, 0.5) is 4.39 Å². The molecule has 0 N–H and O–H groups in total. The van der Waals surface area contributed by atoms with E-state index in [1.807, 2.05) is 0 Å². The summed E-state index contributed by atoms with van der Waals surface area (Å²) < 4.78 is 13.0. The molecular formula is C9H5ClFNO. The minimum absolute atomic E-state index is 0.0316. The summed E-state index contributed by atoms with van der Waals surface area (Å²) in [4.78, 5) is 10.8. The van der Waals surface area contributed by atoms with Crippen molar-refractivity contribution in [2.24, 2.45) is 0 Å². The molecule has 0 fully saturated rings. The Bertz CT molecular complexity index is 409. The van der Waals surface area contributed by atoms with Gasteiger partial charge < -0.3 is 0 Å². The van der Waals surface area contributed by atoms with Crippen LogP contribution in [0.15, 0.2) is 12.1 Å². The summed E-state index contributed by atoms with van der Waals surface area (Å²) in [6, 6.07) is 3.84. The molecule has 0 aromatic heterocycles. The number of benzene rings is 1. The quantitative estimate of drug-likeness (QED) is 0.650. The van der Waals surface area contributed by atoms with Crippen molar-refractivity contribution in [3.63, 3.8) is 0 Å². The van der Waals surface area contributed by atoms with Gasteiger partial charge in [0.2, 0.25) is 0 Å². The molecule has 13 heavy (non-hydrogen) atoms. The number of Topliss-reactive ketones (excluding diaryl/α,β-unsaturated/α-hetero) is 1. The first-order chi connectivity index (χ1) is 6.06. The van der Waals surface area contributed by atoms with Crippen molar-refractivity contribution in [1.82, 2.24) is 0 Å². The maximum atomic E-state index is 13.0. The lowest BCUT2D eigenvalue weighted by molar-refractivity contribution is 0.101. The van der Waals surface area contributed by atoms with Crippen LogP contribution in [0, 0.1) is 17.1 Å². The third-order valence-corrected chi connectivity index (χ3v) is 1.87. The van der Waals surface area contributed by atoms with Gasteiger partial charge in [0.05, 0.1) is 16.1 Å². The van der Waals surface area contributed by atoms with Crippen LogP contribution in [0.1, 0.15) is 22.8 Å². The van der Waals surface area contributed by atoms with Crippen LogP contribution in [0.25, 0.3) is 0 Å². The van der Waals surface area contributed by atoms with Crippen molar-refractivity contribution in [2.45, 2.75) is 6.92 Å². The number of nitriles is 1. The third kappa shape index (κ3) is 1.85. The summed E-state index contributed by atoms with van der Waals surface area (Å²) >= 11 is 5.60. The number of ketones is 1. The summed E-state index contributed by atoms with van der Waals surface area (Å²) in [5.74, 6) is -1.13. The van der Waals surface area contributed by atoms with Crippen molar-refractivity contribution in [3.05, 3.63) is 34.1 Å². The van der Waals surface area contributed by atoms with Crippen molar-refractivity contribution < 1.29 is 9.18 Å². The molecule has 0 unspecified atom stereocenters. The Balaban J connectivity index is 3.39. The van der Waals surface area contributed by atoms with Gasteiger partial charge in [-0.15, -0.1) is 0 Å². The molecule has 0 aliphatic carbocycles. The molecule has 0 aliphatic rings. The van der Waals surface area contributed by atoms with Crippen molar-refractivity contribution in [3.8, 4) is 6.07 Å². The molecule has 0 aliphatic heterocycles. The normalized spacial score (nSPS) is 9.38. The topological polar surface area (TPSA) is 40.9 Å². The Kier molecular flexibility index (Phi) is 2.64. The molecule has 66 valence electrons. The van der Waals surface area contributed by atoms with Crippen LogP contribution in [-0.2, 0) is 0 Å². The number of carbonyl (C=O) groups is 1. The zero-order chi connectivity index (χ0) is 10.0. The van der Waals surface area contributed by atoms with Crippen LogP contribution in [0.2, 0.25) is 5.02 Å². The van der Waals surface area contributed by atoms with Crippen LogP contribution in [-0.4, -0.2) is 5.78 Å². The van der Waals surface area contributed by atoms with Crippen LogP contribution >= 0.6 is 11.6 Å². The molecule has 0 saturated heterocycles. The molecule has 0 spiro atoms. The molecule has 0 heterocycles. The highest BCUT2D eigenvalue weighted by Gasteiger charge is 2.11. The van der Waals surface area contributed by atoms with Gasteiger partial charge in [0.15, 0.2) is 5.78 Å². The second-order valence-electron chi connectivity index (χ2n) is 2.48. The molecule has 0 bridgehead atoms. The van der Waals surface area contributed by atoms with Crippen LogP contribution < -0.4 is 0 Å². The van der Waals surface area contributed by atoms with Crippen molar-refractivity contribution in [2.75, 3.05) is 0 Å². The van der Waals surface area contributed by atoms with Crippen LogP contribution in [0.5, 0.6) is 0 Å². The molecule has 0 radical (unpaired) electrons. The molecule has 1 aromatic rings. The molecule has 1 rings (SSSR count). The number of hydrogen-bond acceptors (Lipinski definition) is 2. The lowest BCUT2D eigenvalue weighted by Gasteiger charge is -2.00. The lowest BCUT2D eigenvalue weighted by Crippen LogP contribution is -1.97. The Morgan fingerprint density at radius 2 is 2.23 bits per heavy atom. The van der Waals surface area contributed by atoms with E-state index in [-0.39, 0.29) is 16.1 Å². The first-order valence-electron chi connectivity index (χ1n) is 3.46. The maximum Gasteiger partial charge on any atom is 0.162 e. The zero-order valence-electron chi connectivity index (χ0n) is 6.77. The second kappa shape index (κ2) is 3.55. The fraction of sp³-hybridized carbons (Fsp3) is 0.111. The van der Waals surface area contributed by atoms with E-state index in [1.54, 1.807) is 6.07 Å². The van der Waals surface area contributed by atoms with E-state index >= 15 is 0 Å². The summed E-state index contributed by atoms with van der Waals surface area (Å²) in [7, 11) is 0. The molecule has 1 aromatic carbocycles. The summed E-state index contributed by atoms with van der Waals surface area (Å²) in [5.41, 5.74) is -0.0619. The number of halogens is 2. The van der Waals surface area contributed by atoms with Crippen LogP contribution in [0.3, 0.4) is 0 Å². The first-order valence-corrected chi connectivity index (χ1v) is 3.84. The Labute approximate surface area is 79.5 Å². The molecule has 0 amide bonds. The number of rotatable bonds is 1. The van der Waals surface area contributed by atoms with Crippen molar-refractivity contribution in [1.29, 1.82) is 5.26 Å². The smallest absolute Gasteiger partial charge is 0.162 e. The average molecular weight is 198 g/mol. The van der Waals surface area contributed by atoms with E-state index < -0.39 is 11.6 Å². The van der Waals surface area contributed by atoms with Gasteiger partial charge in [-0.25, -0.2) is 4.39 Å². The summed E-state index contributed by atoms with van der Waals surface area (Å²) in [5, 5.41) is 8.58. The van der Waals surface area contributed by atoms with Gasteiger partial charge in [-0.3, -0.25) is 4.79 Å². The zero-order valence-corrected chi connectivity index (χ0v) is 7.52. The Morgan fingerprint density at radius 1 is 1.62 bits per heavy atom. The van der Waals surface area contributed by atoms with E-state index in [9.17, 15) is 9.18 Å². The monoisotopic (exact) mass is 197 g/mol. The van der Waals surface area contributed by atoms with E-state index in [0.29, 0.717) is 0 Å². The third-order valence-electron chi connectivity index (χ3n) is 1.56. The molecule has 0 atom stereocenters. The lowest BCUT2D eigenvalue weighted by atomic mass is 10.1. The highest BCUT2D eigenvalue weighted by molar-refractivity contribution is 6.32. The Morgan fingerprint density at radius 3 is 2.69 bits per heavy atom. The number of carbonyl (C=O) groups excluding carboxylic acids is 1. The first kappa shape index (κ1) is 9.69. The van der Waals surface area contributed by atoms with Crippen molar-refractivity contribution >= 4 is 17.4 Å². The Hall–Kier alpha value is -1.40. The van der Waals surface area contributed by atoms with E-state index in [4.69, 9.17) is 16.9 Å². The van der Waals surface area contributed by atoms with E-state index in [0.717, 1.165) is 12.1 Å². The number of nitrogens with zero attached hydrogens (tertiary/aromatic N) is 1. The SMILES string of the molecule is CC(=O)c1cc(Cl)c(C#N)cc1F.